The normalized spacial score (nSPS) is 20.2. The molecular formula is C15H20O3. The van der Waals surface area contributed by atoms with E-state index in [9.17, 15) is 4.79 Å². The first-order chi connectivity index (χ1) is 8.84. The Morgan fingerprint density at radius 3 is 2.89 bits per heavy atom. The van der Waals surface area contributed by atoms with Crippen LogP contribution in [-0.4, -0.2) is 18.7 Å². The molecule has 0 aromatic heterocycles. The van der Waals surface area contributed by atoms with Crippen molar-refractivity contribution in [3.05, 3.63) is 35.9 Å². The summed E-state index contributed by atoms with van der Waals surface area (Å²) in [7, 11) is 0. The van der Waals surface area contributed by atoms with Gasteiger partial charge in [0.15, 0.2) is 0 Å². The van der Waals surface area contributed by atoms with Gasteiger partial charge in [-0.3, -0.25) is 4.79 Å². The van der Waals surface area contributed by atoms with E-state index in [2.05, 4.69) is 0 Å². The topological polar surface area (TPSA) is 35.5 Å². The van der Waals surface area contributed by atoms with Crippen molar-refractivity contribution >= 4 is 5.97 Å². The van der Waals surface area contributed by atoms with Crippen molar-refractivity contribution in [2.75, 3.05) is 6.61 Å². The lowest BCUT2D eigenvalue weighted by Gasteiger charge is -2.14. The molecule has 0 amide bonds. The molecule has 1 aliphatic rings. The van der Waals surface area contributed by atoms with E-state index in [-0.39, 0.29) is 12.1 Å². The van der Waals surface area contributed by atoms with E-state index in [0.29, 0.717) is 19.6 Å². The molecule has 1 aliphatic heterocycles. The third-order valence-electron chi connectivity index (χ3n) is 3.15. The SMILES string of the molecule is O=C1CCCC[C@H](CCOCc2ccccc2)O1. The summed E-state index contributed by atoms with van der Waals surface area (Å²) < 4.78 is 11.0. The average Bonchev–Trinajstić information content (AvgIpc) is 2.60. The molecule has 0 radical (unpaired) electrons. The summed E-state index contributed by atoms with van der Waals surface area (Å²) in [6.45, 7) is 1.27. The minimum Gasteiger partial charge on any atom is -0.462 e. The van der Waals surface area contributed by atoms with Gasteiger partial charge in [0.2, 0.25) is 0 Å². The first kappa shape index (κ1) is 13.1. The van der Waals surface area contributed by atoms with E-state index in [1.165, 1.54) is 5.56 Å². The second kappa shape index (κ2) is 7.17. The lowest BCUT2D eigenvalue weighted by atomic mass is 10.1. The zero-order valence-corrected chi connectivity index (χ0v) is 10.6. The summed E-state index contributed by atoms with van der Waals surface area (Å²) >= 11 is 0. The number of hydrogen-bond acceptors (Lipinski definition) is 3. The van der Waals surface area contributed by atoms with Crippen molar-refractivity contribution in [2.45, 2.75) is 44.8 Å². The van der Waals surface area contributed by atoms with Gasteiger partial charge in [-0.25, -0.2) is 0 Å². The molecule has 1 heterocycles. The summed E-state index contributed by atoms with van der Waals surface area (Å²) in [5.74, 6) is -0.0550. The minimum atomic E-state index is -0.0550. The van der Waals surface area contributed by atoms with Crippen LogP contribution in [0.4, 0.5) is 0 Å². The standard InChI is InChI=1S/C15H20O3/c16-15-9-5-4-8-14(18-15)10-11-17-12-13-6-2-1-3-7-13/h1-3,6-7,14H,4-5,8-12H2/t14-/m1/s1. The molecule has 3 heteroatoms. The molecule has 1 saturated heterocycles. The molecule has 0 bridgehead atoms. The van der Waals surface area contributed by atoms with Crippen molar-refractivity contribution in [3.8, 4) is 0 Å². The highest BCUT2D eigenvalue weighted by Gasteiger charge is 2.17. The number of benzene rings is 1. The predicted molar refractivity (Wildman–Crippen MR) is 69.1 cm³/mol. The summed E-state index contributed by atoms with van der Waals surface area (Å²) in [6.07, 6.45) is 4.44. The van der Waals surface area contributed by atoms with Crippen LogP contribution in [0.3, 0.4) is 0 Å². The third kappa shape index (κ3) is 4.49. The summed E-state index contributed by atoms with van der Waals surface area (Å²) in [6, 6.07) is 10.1. The van der Waals surface area contributed by atoms with Crippen LogP contribution >= 0.6 is 0 Å². The molecule has 0 spiro atoms. The van der Waals surface area contributed by atoms with Gasteiger partial charge in [-0.05, 0) is 24.8 Å². The maximum atomic E-state index is 11.3. The Balaban J connectivity index is 1.64. The van der Waals surface area contributed by atoms with Crippen LogP contribution in [0.1, 0.15) is 37.7 Å². The molecule has 98 valence electrons. The lowest BCUT2D eigenvalue weighted by Crippen LogP contribution is -2.17. The fourth-order valence-electron chi connectivity index (χ4n) is 2.13. The monoisotopic (exact) mass is 248 g/mol. The lowest BCUT2D eigenvalue weighted by molar-refractivity contribution is -0.148. The van der Waals surface area contributed by atoms with Crippen LogP contribution in [0.2, 0.25) is 0 Å². The fraction of sp³-hybridized carbons (Fsp3) is 0.533. The highest BCUT2D eigenvalue weighted by molar-refractivity contribution is 5.69. The van der Waals surface area contributed by atoms with E-state index in [4.69, 9.17) is 9.47 Å². The number of hydrogen-bond donors (Lipinski definition) is 0. The van der Waals surface area contributed by atoms with Gasteiger partial charge in [-0.2, -0.15) is 0 Å². The van der Waals surface area contributed by atoms with Crippen molar-refractivity contribution in [1.29, 1.82) is 0 Å². The Labute approximate surface area is 108 Å². The quantitative estimate of drug-likeness (QED) is 0.593. The molecule has 0 N–H and O–H groups in total. The van der Waals surface area contributed by atoms with Gasteiger partial charge in [-0.1, -0.05) is 30.3 Å². The van der Waals surface area contributed by atoms with E-state index in [1.807, 2.05) is 30.3 Å². The Hall–Kier alpha value is -1.35. The predicted octanol–water partition coefficient (Wildman–Crippen LogP) is 3.08. The van der Waals surface area contributed by atoms with Crippen molar-refractivity contribution in [2.24, 2.45) is 0 Å². The van der Waals surface area contributed by atoms with Crippen LogP contribution in [0.25, 0.3) is 0 Å². The first-order valence-electron chi connectivity index (χ1n) is 6.66. The Morgan fingerprint density at radius 2 is 2.06 bits per heavy atom. The molecule has 1 fully saturated rings. The number of carbonyl (C=O) groups is 1. The molecule has 0 aliphatic carbocycles. The van der Waals surface area contributed by atoms with Crippen LogP contribution in [0.15, 0.2) is 30.3 Å². The molecule has 1 atom stereocenters. The van der Waals surface area contributed by atoms with E-state index >= 15 is 0 Å². The molecule has 0 unspecified atom stereocenters. The van der Waals surface area contributed by atoms with Crippen molar-refractivity contribution < 1.29 is 14.3 Å². The molecule has 3 nitrogen and oxygen atoms in total. The highest BCUT2D eigenvalue weighted by Crippen LogP contribution is 2.16. The van der Waals surface area contributed by atoms with Gasteiger partial charge < -0.3 is 9.47 Å². The Morgan fingerprint density at radius 1 is 1.22 bits per heavy atom. The Bertz CT molecular complexity index is 361. The largest absolute Gasteiger partial charge is 0.462 e. The van der Waals surface area contributed by atoms with E-state index < -0.39 is 0 Å². The minimum absolute atomic E-state index is 0.0516. The summed E-state index contributed by atoms with van der Waals surface area (Å²) in [4.78, 5) is 11.3. The highest BCUT2D eigenvalue weighted by atomic mass is 16.5. The number of cyclic esters (lactones) is 1. The van der Waals surface area contributed by atoms with Gasteiger partial charge in [0, 0.05) is 12.8 Å². The molecule has 0 saturated carbocycles. The van der Waals surface area contributed by atoms with Gasteiger partial charge in [0.05, 0.1) is 13.2 Å². The third-order valence-corrected chi connectivity index (χ3v) is 3.15. The summed E-state index contributed by atoms with van der Waals surface area (Å²) in [5, 5.41) is 0. The van der Waals surface area contributed by atoms with Crippen LogP contribution in [0.5, 0.6) is 0 Å². The maximum absolute atomic E-state index is 11.3. The molecule has 2 rings (SSSR count). The van der Waals surface area contributed by atoms with Crippen LogP contribution < -0.4 is 0 Å². The smallest absolute Gasteiger partial charge is 0.306 e. The van der Waals surface area contributed by atoms with Crippen molar-refractivity contribution in [3.63, 3.8) is 0 Å². The van der Waals surface area contributed by atoms with Crippen LogP contribution in [-0.2, 0) is 20.9 Å². The maximum Gasteiger partial charge on any atom is 0.306 e. The molecular weight excluding hydrogens is 228 g/mol. The first-order valence-corrected chi connectivity index (χ1v) is 6.66. The molecule has 1 aromatic rings. The zero-order valence-electron chi connectivity index (χ0n) is 10.6. The average molecular weight is 248 g/mol. The number of rotatable bonds is 5. The number of carbonyl (C=O) groups excluding carboxylic acids is 1. The van der Waals surface area contributed by atoms with Crippen LogP contribution in [0, 0.1) is 0 Å². The number of ether oxygens (including phenoxy) is 2. The fourth-order valence-corrected chi connectivity index (χ4v) is 2.13. The second-order valence-corrected chi connectivity index (χ2v) is 4.68. The van der Waals surface area contributed by atoms with E-state index in [0.717, 1.165) is 25.7 Å². The number of esters is 1. The van der Waals surface area contributed by atoms with Gasteiger partial charge in [0.1, 0.15) is 6.10 Å². The summed E-state index contributed by atoms with van der Waals surface area (Å²) in [5.41, 5.74) is 1.18. The Kier molecular flexibility index (Phi) is 5.21. The second-order valence-electron chi connectivity index (χ2n) is 4.68. The van der Waals surface area contributed by atoms with Gasteiger partial charge in [0.25, 0.3) is 0 Å². The molecule has 1 aromatic carbocycles. The zero-order chi connectivity index (χ0) is 12.6. The van der Waals surface area contributed by atoms with Crippen molar-refractivity contribution in [1.82, 2.24) is 0 Å². The molecule has 18 heavy (non-hydrogen) atoms. The van der Waals surface area contributed by atoms with Gasteiger partial charge in [-0.15, -0.1) is 0 Å². The van der Waals surface area contributed by atoms with Gasteiger partial charge >= 0.3 is 5.97 Å². The van der Waals surface area contributed by atoms with E-state index in [1.54, 1.807) is 0 Å².